The van der Waals surface area contributed by atoms with Gasteiger partial charge in [-0.05, 0) is 42.5 Å². The van der Waals surface area contributed by atoms with Crippen molar-refractivity contribution in [3.63, 3.8) is 0 Å². The number of carbonyl (C=O) groups excluding carboxylic acids is 1. The topological polar surface area (TPSA) is 103 Å². The highest BCUT2D eigenvalue weighted by Crippen LogP contribution is 2.25. The molecule has 0 bridgehead atoms. The van der Waals surface area contributed by atoms with E-state index in [1.165, 1.54) is 24.3 Å². The molecule has 0 aromatic heterocycles. The third-order valence-electron chi connectivity index (χ3n) is 3.38. The zero-order valence-electron chi connectivity index (χ0n) is 14.5. The monoisotopic (exact) mass is 390 g/mol. The van der Waals surface area contributed by atoms with Gasteiger partial charge in [0.05, 0.1) is 12.0 Å². The van der Waals surface area contributed by atoms with Crippen LogP contribution in [0.25, 0.3) is 5.70 Å². The Morgan fingerprint density at radius 3 is 2.14 bits per heavy atom. The van der Waals surface area contributed by atoms with Gasteiger partial charge in [0.1, 0.15) is 5.75 Å². The molecule has 5 N–H and O–H groups in total. The Morgan fingerprint density at radius 2 is 1.64 bits per heavy atom. The number of benzene rings is 2. The van der Waals surface area contributed by atoms with E-state index < -0.39 is 12.3 Å². The second-order valence-corrected chi connectivity index (χ2v) is 5.47. The van der Waals surface area contributed by atoms with Gasteiger partial charge in [-0.3, -0.25) is 4.79 Å². The highest BCUT2D eigenvalue weighted by molar-refractivity contribution is 5.93. The molecule has 1 amide bonds. The van der Waals surface area contributed by atoms with Crippen LogP contribution >= 0.6 is 0 Å². The van der Waals surface area contributed by atoms with Crippen molar-refractivity contribution in [1.29, 1.82) is 0 Å². The predicted octanol–water partition coefficient (Wildman–Crippen LogP) is 3.64. The lowest BCUT2D eigenvalue weighted by Gasteiger charge is -2.11. The number of allylic oxidation sites excluding steroid dienone is 1. The van der Waals surface area contributed by atoms with Crippen molar-refractivity contribution >= 4 is 23.6 Å². The Morgan fingerprint density at radius 1 is 1.07 bits per heavy atom. The van der Waals surface area contributed by atoms with Gasteiger partial charge in [0.2, 0.25) is 5.91 Å². The van der Waals surface area contributed by atoms with Crippen LogP contribution in [0.3, 0.4) is 0 Å². The quantitative estimate of drug-likeness (QED) is 0.382. The number of nitrogens with zero attached hydrogens (tertiary/aromatic N) is 1. The van der Waals surface area contributed by atoms with Crippen LogP contribution in [0.5, 0.6) is 5.75 Å². The van der Waals surface area contributed by atoms with Crippen LogP contribution in [-0.4, -0.2) is 18.6 Å². The van der Waals surface area contributed by atoms with Crippen LogP contribution in [0.1, 0.15) is 15.9 Å². The van der Waals surface area contributed by atoms with Crippen LogP contribution in [0.2, 0.25) is 0 Å². The molecule has 0 heterocycles. The number of ether oxygens (including phenoxy) is 1. The van der Waals surface area contributed by atoms with Crippen LogP contribution < -0.4 is 21.5 Å². The number of primary amides is 1. The fourth-order valence-corrected chi connectivity index (χ4v) is 2.21. The maximum atomic E-state index is 12.2. The zero-order chi connectivity index (χ0) is 20.7. The van der Waals surface area contributed by atoms with E-state index in [4.69, 9.17) is 11.5 Å². The number of anilines is 1. The molecule has 0 aliphatic rings. The van der Waals surface area contributed by atoms with Crippen LogP contribution in [0.15, 0.2) is 71.9 Å². The molecule has 28 heavy (non-hydrogen) atoms. The number of nitrogens with two attached hydrogens (primary N) is 2. The van der Waals surface area contributed by atoms with Gasteiger partial charge < -0.3 is 21.5 Å². The van der Waals surface area contributed by atoms with Gasteiger partial charge in [-0.2, -0.15) is 0 Å². The molecule has 0 saturated carbocycles. The molecule has 0 aliphatic carbocycles. The fraction of sp³-hybridized carbons (Fsp3) is 0.0526. The van der Waals surface area contributed by atoms with Crippen LogP contribution in [0, 0.1) is 0 Å². The van der Waals surface area contributed by atoms with Crippen molar-refractivity contribution in [2.24, 2.45) is 16.5 Å². The Labute approximate surface area is 159 Å². The van der Waals surface area contributed by atoms with Crippen molar-refractivity contribution in [3.05, 3.63) is 78.0 Å². The lowest BCUT2D eigenvalue weighted by Crippen LogP contribution is -2.17. The van der Waals surface area contributed by atoms with E-state index in [0.29, 0.717) is 28.2 Å². The molecule has 2 aromatic rings. The van der Waals surface area contributed by atoms with Gasteiger partial charge in [-0.25, -0.2) is 4.99 Å². The number of hydrogen-bond acceptors (Lipinski definition) is 4. The summed E-state index contributed by atoms with van der Waals surface area (Å²) in [4.78, 5) is 15.2. The number of aliphatic imine (C=N–C) groups is 1. The average Bonchev–Trinajstić information content (AvgIpc) is 2.62. The third kappa shape index (κ3) is 6.20. The molecule has 0 fully saturated rings. The van der Waals surface area contributed by atoms with Gasteiger partial charge in [0, 0.05) is 22.5 Å². The summed E-state index contributed by atoms with van der Waals surface area (Å²) >= 11 is 0. The van der Waals surface area contributed by atoms with Gasteiger partial charge in [0.15, 0.2) is 0 Å². The molecule has 146 valence electrons. The molecular formula is C19H17F3N4O2. The smallest absolute Gasteiger partial charge is 0.406 e. The molecule has 0 atom stereocenters. The number of alkyl halides is 3. The minimum atomic E-state index is -4.75. The first-order valence-electron chi connectivity index (χ1n) is 7.86. The summed E-state index contributed by atoms with van der Waals surface area (Å²) in [5, 5.41) is 2.92. The van der Waals surface area contributed by atoms with Crippen molar-refractivity contribution in [2.75, 3.05) is 5.32 Å². The minimum absolute atomic E-state index is 0.331. The number of rotatable bonds is 7. The molecular weight excluding hydrogens is 373 g/mol. The summed E-state index contributed by atoms with van der Waals surface area (Å²) in [6.45, 7) is 3.84. The second-order valence-electron chi connectivity index (χ2n) is 5.47. The SMILES string of the molecule is C=C(/C=C(\N=CN)c1ccc(C(N)=O)cc1)Nc1ccc(OC(F)(F)F)cc1. The normalized spacial score (nSPS) is 12.0. The van der Waals surface area contributed by atoms with Gasteiger partial charge in [0.25, 0.3) is 0 Å². The summed E-state index contributed by atoms with van der Waals surface area (Å²) in [6.07, 6.45) is -2.06. The minimum Gasteiger partial charge on any atom is -0.406 e. The number of hydrogen-bond donors (Lipinski definition) is 3. The predicted molar refractivity (Wildman–Crippen MR) is 102 cm³/mol. The third-order valence-corrected chi connectivity index (χ3v) is 3.38. The Hall–Kier alpha value is -3.75. The largest absolute Gasteiger partial charge is 0.573 e. The molecule has 0 radical (unpaired) electrons. The van der Waals surface area contributed by atoms with E-state index in [0.717, 1.165) is 6.34 Å². The Balaban J connectivity index is 2.14. The van der Waals surface area contributed by atoms with Gasteiger partial charge in [-0.1, -0.05) is 18.7 Å². The van der Waals surface area contributed by atoms with Crippen molar-refractivity contribution in [2.45, 2.75) is 6.36 Å². The molecule has 9 heteroatoms. The summed E-state index contributed by atoms with van der Waals surface area (Å²) in [5.74, 6) is -0.884. The van der Waals surface area contributed by atoms with E-state index in [-0.39, 0.29) is 5.75 Å². The molecule has 0 saturated heterocycles. The van der Waals surface area contributed by atoms with Crippen molar-refractivity contribution in [3.8, 4) is 5.75 Å². The van der Waals surface area contributed by atoms with Crippen molar-refractivity contribution < 1.29 is 22.7 Å². The molecule has 0 unspecified atom stereocenters. The van der Waals surface area contributed by atoms with Crippen LogP contribution in [-0.2, 0) is 0 Å². The standard InChI is InChI=1S/C19H17F3N4O2/c1-12(26-15-6-8-16(9-7-15)28-19(20,21)22)10-17(25-11-23)13-2-4-14(5-3-13)18(24)27/h2-11,26H,1H2,(H2,23,25)(H2,24,27)/b17-10-. The first-order valence-corrected chi connectivity index (χ1v) is 7.86. The van der Waals surface area contributed by atoms with E-state index >= 15 is 0 Å². The van der Waals surface area contributed by atoms with E-state index in [1.807, 2.05) is 0 Å². The number of nitrogens with one attached hydrogen (secondary N) is 1. The lowest BCUT2D eigenvalue weighted by atomic mass is 10.1. The maximum Gasteiger partial charge on any atom is 0.573 e. The van der Waals surface area contributed by atoms with Crippen LogP contribution in [0.4, 0.5) is 18.9 Å². The molecule has 0 aliphatic heterocycles. The summed E-state index contributed by atoms with van der Waals surface area (Å²) < 4.78 is 40.4. The number of amides is 1. The zero-order valence-corrected chi connectivity index (χ0v) is 14.5. The summed E-state index contributed by atoms with van der Waals surface area (Å²) in [7, 11) is 0. The van der Waals surface area contributed by atoms with Gasteiger partial charge >= 0.3 is 6.36 Å². The molecule has 6 nitrogen and oxygen atoms in total. The Bertz CT molecular complexity index is 902. The molecule has 2 aromatic carbocycles. The van der Waals surface area contributed by atoms with Crippen molar-refractivity contribution in [1.82, 2.24) is 0 Å². The molecule has 2 rings (SSSR count). The number of carbonyl (C=O) groups is 1. The second kappa shape index (κ2) is 8.76. The first-order chi connectivity index (χ1) is 13.2. The fourth-order valence-electron chi connectivity index (χ4n) is 2.21. The number of halogens is 3. The first kappa shape index (κ1) is 20.6. The lowest BCUT2D eigenvalue weighted by molar-refractivity contribution is -0.274. The highest BCUT2D eigenvalue weighted by atomic mass is 19.4. The summed E-state index contributed by atoms with van der Waals surface area (Å²) in [6, 6.07) is 11.6. The van der Waals surface area contributed by atoms with E-state index in [1.54, 1.807) is 30.3 Å². The maximum absolute atomic E-state index is 12.2. The molecule has 0 spiro atoms. The van der Waals surface area contributed by atoms with E-state index in [2.05, 4.69) is 21.6 Å². The van der Waals surface area contributed by atoms with Gasteiger partial charge in [-0.15, -0.1) is 13.2 Å². The Kier molecular flexibility index (Phi) is 6.43. The highest BCUT2D eigenvalue weighted by Gasteiger charge is 2.30. The van der Waals surface area contributed by atoms with E-state index in [9.17, 15) is 18.0 Å². The summed E-state index contributed by atoms with van der Waals surface area (Å²) in [5.41, 5.74) is 12.9. The average molecular weight is 390 g/mol.